The zero-order valence-corrected chi connectivity index (χ0v) is 19.6. The Morgan fingerprint density at radius 2 is 1.70 bits per heavy atom. The summed E-state index contributed by atoms with van der Waals surface area (Å²) >= 11 is 11.9. The van der Waals surface area contributed by atoms with Crippen LogP contribution in [-0.2, 0) is 38.1 Å². The standard InChI is InChI=1S/C21H24Cl2N2O8/c1-10(26)30-9-16-19(31-11(2)27)20(32-12(3)28)18(24)21(33-16)25-17(29)7-5-13-4-6-14(22)8-15(13)23/h4-8,16,18-21H,9,24H2,1-3H3,(H,25,29)/b7-5+/t16-,18-,19+,20-,21-/m1/s1. The fourth-order valence-corrected chi connectivity index (χ4v) is 3.56. The largest absolute Gasteiger partial charge is 0.463 e. The van der Waals surface area contributed by atoms with E-state index >= 15 is 0 Å². The normalized spacial score (nSPS) is 24.7. The first-order chi connectivity index (χ1) is 15.5. The number of nitrogens with one attached hydrogen (secondary N) is 1. The van der Waals surface area contributed by atoms with Crippen LogP contribution in [0.2, 0.25) is 10.0 Å². The monoisotopic (exact) mass is 502 g/mol. The molecule has 1 saturated heterocycles. The van der Waals surface area contributed by atoms with Crippen LogP contribution in [0.1, 0.15) is 26.3 Å². The number of carbonyl (C=O) groups is 4. The number of esters is 3. The van der Waals surface area contributed by atoms with Gasteiger partial charge in [-0.2, -0.15) is 0 Å². The van der Waals surface area contributed by atoms with Gasteiger partial charge in [-0.3, -0.25) is 19.2 Å². The Bertz CT molecular complexity index is 939. The van der Waals surface area contributed by atoms with Gasteiger partial charge < -0.3 is 30.0 Å². The van der Waals surface area contributed by atoms with Crippen LogP contribution < -0.4 is 11.1 Å². The summed E-state index contributed by atoms with van der Waals surface area (Å²) in [6, 6.07) is 3.67. The summed E-state index contributed by atoms with van der Waals surface area (Å²) in [5.41, 5.74) is 6.72. The quantitative estimate of drug-likeness (QED) is 0.322. The van der Waals surface area contributed by atoms with Crippen molar-refractivity contribution in [3.63, 3.8) is 0 Å². The van der Waals surface area contributed by atoms with Gasteiger partial charge >= 0.3 is 17.9 Å². The molecule has 0 aliphatic carbocycles. The van der Waals surface area contributed by atoms with Gasteiger partial charge in [-0.05, 0) is 23.8 Å². The van der Waals surface area contributed by atoms with Gasteiger partial charge in [0.1, 0.15) is 18.9 Å². The topological polar surface area (TPSA) is 143 Å². The lowest BCUT2D eigenvalue weighted by molar-refractivity contribution is -0.224. The fourth-order valence-electron chi connectivity index (χ4n) is 3.09. The highest BCUT2D eigenvalue weighted by Gasteiger charge is 2.49. The van der Waals surface area contributed by atoms with E-state index in [1.165, 1.54) is 25.1 Å². The second-order valence-corrected chi connectivity index (χ2v) is 7.97. The molecule has 0 radical (unpaired) electrons. The van der Waals surface area contributed by atoms with Crippen molar-refractivity contribution in [3.05, 3.63) is 39.9 Å². The van der Waals surface area contributed by atoms with E-state index in [2.05, 4.69) is 5.32 Å². The Hall–Kier alpha value is -2.66. The summed E-state index contributed by atoms with van der Waals surface area (Å²) in [4.78, 5) is 47.0. The highest BCUT2D eigenvalue weighted by molar-refractivity contribution is 6.35. The predicted octanol–water partition coefficient (Wildman–Crippen LogP) is 1.60. The van der Waals surface area contributed by atoms with E-state index in [1.807, 2.05) is 0 Å². The SMILES string of the molecule is CC(=O)OC[C@H]1O[C@@H](NC(=O)/C=C/c2ccc(Cl)cc2Cl)[C@H](N)[C@@H](OC(C)=O)[C@H]1OC(C)=O. The highest BCUT2D eigenvalue weighted by Crippen LogP contribution is 2.25. The van der Waals surface area contributed by atoms with Crippen LogP contribution in [0.3, 0.4) is 0 Å². The fraction of sp³-hybridized carbons (Fsp3) is 0.429. The molecule has 12 heteroatoms. The zero-order valence-electron chi connectivity index (χ0n) is 18.1. The van der Waals surface area contributed by atoms with Crippen LogP contribution in [0, 0.1) is 0 Å². The molecule has 0 unspecified atom stereocenters. The van der Waals surface area contributed by atoms with Crippen LogP contribution in [0.5, 0.6) is 0 Å². The molecule has 5 atom stereocenters. The first-order valence-corrected chi connectivity index (χ1v) is 10.6. The van der Waals surface area contributed by atoms with E-state index < -0.39 is 54.4 Å². The molecule has 1 aromatic rings. The molecule has 2 rings (SSSR count). The summed E-state index contributed by atoms with van der Waals surface area (Å²) < 4.78 is 21.2. The first kappa shape index (κ1) is 26.6. The summed E-state index contributed by atoms with van der Waals surface area (Å²) in [6.07, 6.45) is -1.92. The van der Waals surface area contributed by atoms with Crippen molar-refractivity contribution in [2.75, 3.05) is 6.61 Å². The summed E-state index contributed by atoms with van der Waals surface area (Å²) in [5, 5.41) is 3.34. The van der Waals surface area contributed by atoms with Crippen molar-refractivity contribution in [1.82, 2.24) is 5.32 Å². The number of nitrogens with two attached hydrogens (primary N) is 1. The van der Waals surface area contributed by atoms with Gasteiger partial charge in [-0.15, -0.1) is 0 Å². The van der Waals surface area contributed by atoms with Gasteiger partial charge in [-0.1, -0.05) is 29.3 Å². The third-order valence-electron chi connectivity index (χ3n) is 4.46. The maximum Gasteiger partial charge on any atom is 0.303 e. The smallest absolute Gasteiger partial charge is 0.303 e. The zero-order chi connectivity index (χ0) is 24.7. The molecular formula is C21H24Cl2N2O8. The predicted molar refractivity (Wildman–Crippen MR) is 118 cm³/mol. The second kappa shape index (κ2) is 12.0. The van der Waals surface area contributed by atoms with Gasteiger partial charge in [0, 0.05) is 36.9 Å². The number of ether oxygens (including phenoxy) is 4. The van der Waals surface area contributed by atoms with Crippen molar-refractivity contribution < 1.29 is 38.1 Å². The highest BCUT2D eigenvalue weighted by atomic mass is 35.5. The molecule has 33 heavy (non-hydrogen) atoms. The third-order valence-corrected chi connectivity index (χ3v) is 5.02. The van der Waals surface area contributed by atoms with Gasteiger partial charge in [0.15, 0.2) is 12.2 Å². The van der Waals surface area contributed by atoms with Crippen molar-refractivity contribution in [1.29, 1.82) is 0 Å². The summed E-state index contributed by atoms with van der Waals surface area (Å²) in [5.74, 6) is -2.59. The van der Waals surface area contributed by atoms with Crippen molar-refractivity contribution in [2.24, 2.45) is 5.73 Å². The molecule has 1 amide bonds. The van der Waals surface area contributed by atoms with Crippen LogP contribution >= 0.6 is 23.2 Å². The molecule has 180 valence electrons. The van der Waals surface area contributed by atoms with E-state index in [9.17, 15) is 19.2 Å². The lowest BCUT2D eigenvalue weighted by Gasteiger charge is -2.43. The second-order valence-electron chi connectivity index (χ2n) is 7.13. The molecule has 1 fully saturated rings. The van der Waals surface area contributed by atoms with Gasteiger partial charge in [0.05, 0.1) is 6.04 Å². The lowest BCUT2D eigenvalue weighted by Crippen LogP contribution is -2.68. The van der Waals surface area contributed by atoms with Crippen LogP contribution in [0.25, 0.3) is 6.08 Å². The summed E-state index contributed by atoms with van der Waals surface area (Å²) in [7, 11) is 0. The number of amides is 1. The minimum atomic E-state index is -1.18. The Balaban J connectivity index is 2.22. The molecule has 1 aliphatic heterocycles. The number of halogens is 2. The Labute approximate surface area is 200 Å². The maximum atomic E-state index is 12.5. The van der Waals surface area contributed by atoms with E-state index in [1.54, 1.807) is 12.1 Å². The molecule has 0 bridgehead atoms. The first-order valence-electron chi connectivity index (χ1n) is 9.80. The van der Waals surface area contributed by atoms with Crippen LogP contribution in [0.15, 0.2) is 24.3 Å². The molecule has 0 aromatic heterocycles. The lowest BCUT2D eigenvalue weighted by atomic mass is 9.96. The van der Waals surface area contributed by atoms with Crippen LogP contribution in [0.4, 0.5) is 0 Å². The van der Waals surface area contributed by atoms with Gasteiger partial charge in [-0.25, -0.2) is 0 Å². The van der Waals surface area contributed by atoms with Gasteiger partial charge in [0.25, 0.3) is 0 Å². The average Bonchev–Trinajstić information content (AvgIpc) is 2.70. The van der Waals surface area contributed by atoms with Crippen LogP contribution in [-0.4, -0.2) is 61.0 Å². The number of hydrogen-bond donors (Lipinski definition) is 2. The van der Waals surface area contributed by atoms with E-state index in [4.69, 9.17) is 47.9 Å². The van der Waals surface area contributed by atoms with Crippen molar-refractivity contribution in [2.45, 2.75) is 51.4 Å². The summed E-state index contributed by atoms with van der Waals surface area (Å²) in [6.45, 7) is 3.16. The minimum absolute atomic E-state index is 0.333. The molecule has 10 nitrogen and oxygen atoms in total. The van der Waals surface area contributed by atoms with E-state index in [0.29, 0.717) is 15.6 Å². The molecule has 1 aliphatic rings. The van der Waals surface area contributed by atoms with Crippen molar-refractivity contribution >= 4 is 53.1 Å². The average molecular weight is 503 g/mol. The number of benzene rings is 1. The number of carbonyl (C=O) groups excluding carboxylic acids is 4. The van der Waals surface area contributed by atoms with E-state index in [0.717, 1.165) is 13.8 Å². The van der Waals surface area contributed by atoms with Gasteiger partial charge in [0.2, 0.25) is 5.91 Å². The van der Waals surface area contributed by atoms with E-state index in [-0.39, 0.29) is 6.61 Å². The maximum absolute atomic E-state index is 12.5. The molecule has 1 heterocycles. The number of hydrogen-bond acceptors (Lipinski definition) is 9. The Kier molecular flexibility index (Phi) is 9.66. The number of rotatable bonds is 7. The third kappa shape index (κ3) is 8.01. The Morgan fingerprint density at radius 1 is 1.06 bits per heavy atom. The molecular weight excluding hydrogens is 479 g/mol. The molecule has 0 spiro atoms. The van der Waals surface area contributed by atoms with Crippen molar-refractivity contribution in [3.8, 4) is 0 Å². The molecule has 0 saturated carbocycles. The molecule has 1 aromatic carbocycles. The minimum Gasteiger partial charge on any atom is -0.463 e. The Morgan fingerprint density at radius 3 is 2.27 bits per heavy atom. The molecule has 3 N–H and O–H groups in total.